The molecule has 0 aromatic heterocycles. The SMILES string of the molecule is COc1cc(OC)cc(C(=O)NCC2CCN(C(C)c3ccc(OC)c(C)c3C)C2)c1. The highest BCUT2D eigenvalue weighted by molar-refractivity contribution is 5.95. The summed E-state index contributed by atoms with van der Waals surface area (Å²) in [5, 5.41) is 3.09. The second kappa shape index (κ2) is 10.1. The van der Waals surface area contributed by atoms with Gasteiger partial charge in [0.15, 0.2) is 0 Å². The molecular weight excluding hydrogens is 392 g/mol. The zero-order valence-electron chi connectivity index (χ0n) is 19.5. The van der Waals surface area contributed by atoms with Crippen LogP contribution in [0.2, 0.25) is 0 Å². The molecule has 1 aliphatic heterocycles. The molecule has 0 aliphatic carbocycles. The number of nitrogens with one attached hydrogen (secondary N) is 1. The molecule has 1 aliphatic rings. The van der Waals surface area contributed by atoms with E-state index in [9.17, 15) is 4.79 Å². The van der Waals surface area contributed by atoms with Crippen molar-refractivity contribution in [1.82, 2.24) is 10.2 Å². The second-order valence-electron chi connectivity index (χ2n) is 8.24. The first-order valence-corrected chi connectivity index (χ1v) is 10.8. The van der Waals surface area contributed by atoms with Crippen LogP contribution in [0.4, 0.5) is 0 Å². The largest absolute Gasteiger partial charge is 0.497 e. The van der Waals surface area contributed by atoms with Crippen molar-refractivity contribution < 1.29 is 19.0 Å². The zero-order chi connectivity index (χ0) is 22.5. The zero-order valence-corrected chi connectivity index (χ0v) is 19.5. The molecule has 0 saturated carbocycles. The third kappa shape index (κ3) is 5.13. The number of hydrogen-bond acceptors (Lipinski definition) is 5. The molecule has 31 heavy (non-hydrogen) atoms. The molecule has 3 rings (SSSR count). The Bertz CT molecular complexity index is 906. The maximum atomic E-state index is 12.7. The Morgan fingerprint density at radius 1 is 1.06 bits per heavy atom. The van der Waals surface area contributed by atoms with Crippen molar-refractivity contribution >= 4 is 5.91 Å². The van der Waals surface area contributed by atoms with E-state index in [4.69, 9.17) is 14.2 Å². The van der Waals surface area contributed by atoms with Gasteiger partial charge in [0.25, 0.3) is 5.91 Å². The van der Waals surface area contributed by atoms with Crippen molar-refractivity contribution in [1.29, 1.82) is 0 Å². The molecule has 0 radical (unpaired) electrons. The van der Waals surface area contributed by atoms with Gasteiger partial charge >= 0.3 is 0 Å². The number of rotatable bonds is 8. The maximum Gasteiger partial charge on any atom is 0.251 e. The molecule has 168 valence electrons. The van der Waals surface area contributed by atoms with Gasteiger partial charge < -0.3 is 19.5 Å². The lowest BCUT2D eigenvalue weighted by molar-refractivity contribution is 0.0946. The number of benzene rings is 2. The van der Waals surface area contributed by atoms with E-state index >= 15 is 0 Å². The molecule has 0 spiro atoms. The average Bonchev–Trinajstić information content (AvgIpc) is 3.27. The van der Waals surface area contributed by atoms with Crippen LogP contribution in [0, 0.1) is 19.8 Å². The van der Waals surface area contributed by atoms with Crippen LogP contribution in [0.5, 0.6) is 17.2 Å². The van der Waals surface area contributed by atoms with Crippen LogP contribution in [-0.2, 0) is 0 Å². The van der Waals surface area contributed by atoms with E-state index in [2.05, 4.69) is 43.1 Å². The summed E-state index contributed by atoms with van der Waals surface area (Å²) in [6.45, 7) is 9.19. The molecule has 6 heteroatoms. The van der Waals surface area contributed by atoms with Gasteiger partial charge in [-0.3, -0.25) is 9.69 Å². The summed E-state index contributed by atoms with van der Waals surface area (Å²) in [7, 11) is 4.87. The molecule has 1 heterocycles. The summed E-state index contributed by atoms with van der Waals surface area (Å²) in [6, 6.07) is 9.79. The van der Waals surface area contributed by atoms with Crippen molar-refractivity contribution in [2.24, 2.45) is 5.92 Å². The fourth-order valence-electron chi connectivity index (χ4n) is 4.35. The summed E-state index contributed by atoms with van der Waals surface area (Å²) in [4.78, 5) is 15.2. The van der Waals surface area contributed by atoms with E-state index in [0.717, 1.165) is 25.3 Å². The molecule has 2 aromatic rings. The predicted octanol–water partition coefficient (Wildman–Crippen LogP) is 4.14. The Hall–Kier alpha value is -2.73. The van der Waals surface area contributed by atoms with E-state index in [0.29, 0.717) is 35.6 Å². The quantitative estimate of drug-likeness (QED) is 0.687. The molecule has 2 unspecified atom stereocenters. The Kier molecular flexibility index (Phi) is 7.44. The van der Waals surface area contributed by atoms with Crippen LogP contribution in [0.25, 0.3) is 0 Å². The number of methoxy groups -OCH3 is 3. The van der Waals surface area contributed by atoms with E-state index < -0.39 is 0 Å². The minimum atomic E-state index is -0.106. The smallest absolute Gasteiger partial charge is 0.251 e. The fraction of sp³-hybridized carbons (Fsp3) is 0.480. The normalized spacial score (nSPS) is 17.3. The van der Waals surface area contributed by atoms with Crippen molar-refractivity contribution in [2.75, 3.05) is 41.0 Å². The van der Waals surface area contributed by atoms with E-state index in [1.807, 2.05) is 0 Å². The number of carbonyl (C=O) groups is 1. The molecular formula is C25H34N2O4. The Labute approximate surface area is 185 Å². The predicted molar refractivity (Wildman–Crippen MR) is 122 cm³/mol. The standard InChI is InChI=1S/C25H34N2O4/c1-16-17(2)24(31-6)8-7-23(16)18(3)27-10-9-19(15-27)14-26-25(28)20-11-21(29-4)13-22(12-20)30-5/h7-8,11-13,18-19H,9-10,14-15H2,1-6H3,(H,26,28). The number of carbonyl (C=O) groups excluding carboxylic acids is 1. The number of nitrogens with zero attached hydrogens (tertiary/aromatic N) is 1. The third-order valence-corrected chi connectivity index (χ3v) is 6.48. The molecule has 6 nitrogen and oxygen atoms in total. The first kappa shape index (κ1) is 22.9. The lowest BCUT2D eigenvalue weighted by atomic mass is 9.96. The topological polar surface area (TPSA) is 60.0 Å². The second-order valence-corrected chi connectivity index (χ2v) is 8.24. The van der Waals surface area contributed by atoms with Gasteiger partial charge in [0.05, 0.1) is 21.3 Å². The molecule has 1 saturated heterocycles. The average molecular weight is 427 g/mol. The van der Waals surface area contributed by atoms with Gasteiger partial charge in [-0.2, -0.15) is 0 Å². The molecule has 2 aromatic carbocycles. The summed E-state index contributed by atoms with van der Waals surface area (Å²) >= 11 is 0. The Morgan fingerprint density at radius 2 is 1.74 bits per heavy atom. The Morgan fingerprint density at radius 3 is 2.35 bits per heavy atom. The third-order valence-electron chi connectivity index (χ3n) is 6.48. The molecule has 1 fully saturated rings. The highest BCUT2D eigenvalue weighted by Gasteiger charge is 2.28. The van der Waals surface area contributed by atoms with Gasteiger partial charge in [0, 0.05) is 30.8 Å². The fourth-order valence-corrected chi connectivity index (χ4v) is 4.35. The molecule has 2 atom stereocenters. The summed E-state index contributed by atoms with van der Waals surface area (Å²) in [5.41, 5.74) is 4.37. The van der Waals surface area contributed by atoms with Crippen molar-refractivity contribution in [3.05, 3.63) is 52.6 Å². The number of ether oxygens (including phenoxy) is 3. The summed E-state index contributed by atoms with van der Waals surface area (Å²) in [5.74, 6) is 2.47. The van der Waals surface area contributed by atoms with Gasteiger partial charge in [-0.05, 0) is 74.5 Å². The van der Waals surface area contributed by atoms with Crippen molar-refractivity contribution in [3.8, 4) is 17.2 Å². The number of hydrogen-bond donors (Lipinski definition) is 1. The van der Waals surface area contributed by atoms with Gasteiger partial charge in [-0.15, -0.1) is 0 Å². The Balaban J connectivity index is 1.59. The molecule has 0 bridgehead atoms. The lowest BCUT2D eigenvalue weighted by Gasteiger charge is -2.27. The summed E-state index contributed by atoms with van der Waals surface area (Å²) < 4.78 is 16.0. The highest BCUT2D eigenvalue weighted by Crippen LogP contribution is 2.33. The number of amides is 1. The maximum absolute atomic E-state index is 12.7. The highest BCUT2D eigenvalue weighted by atomic mass is 16.5. The van der Waals surface area contributed by atoms with Gasteiger partial charge in [-0.25, -0.2) is 0 Å². The van der Waals surface area contributed by atoms with Crippen molar-refractivity contribution in [3.63, 3.8) is 0 Å². The van der Waals surface area contributed by atoms with E-state index in [1.165, 1.54) is 16.7 Å². The molecule has 1 N–H and O–H groups in total. The van der Waals surface area contributed by atoms with Crippen LogP contribution >= 0.6 is 0 Å². The van der Waals surface area contributed by atoms with Crippen LogP contribution in [0.15, 0.2) is 30.3 Å². The molecule has 1 amide bonds. The van der Waals surface area contributed by atoms with Crippen LogP contribution in [-0.4, -0.2) is 51.8 Å². The number of likely N-dealkylation sites (tertiary alicyclic amines) is 1. The van der Waals surface area contributed by atoms with E-state index in [-0.39, 0.29) is 5.91 Å². The minimum absolute atomic E-state index is 0.106. The monoisotopic (exact) mass is 426 g/mol. The first-order chi connectivity index (χ1) is 14.9. The van der Waals surface area contributed by atoms with Crippen LogP contribution < -0.4 is 19.5 Å². The van der Waals surface area contributed by atoms with Gasteiger partial charge in [0.1, 0.15) is 17.2 Å². The van der Waals surface area contributed by atoms with Gasteiger partial charge in [0.2, 0.25) is 0 Å². The first-order valence-electron chi connectivity index (χ1n) is 10.8. The lowest BCUT2D eigenvalue weighted by Crippen LogP contribution is -2.31. The van der Waals surface area contributed by atoms with Crippen LogP contribution in [0.3, 0.4) is 0 Å². The van der Waals surface area contributed by atoms with E-state index in [1.54, 1.807) is 39.5 Å². The van der Waals surface area contributed by atoms with Gasteiger partial charge in [-0.1, -0.05) is 6.07 Å². The summed E-state index contributed by atoms with van der Waals surface area (Å²) in [6.07, 6.45) is 1.07. The minimum Gasteiger partial charge on any atom is -0.497 e. The van der Waals surface area contributed by atoms with Crippen molar-refractivity contribution in [2.45, 2.75) is 33.2 Å². The van der Waals surface area contributed by atoms with Crippen LogP contribution in [0.1, 0.15) is 46.4 Å².